The highest BCUT2D eigenvalue weighted by Gasteiger charge is 2.23. The predicted octanol–water partition coefficient (Wildman–Crippen LogP) is 0.549. The quantitative estimate of drug-likeness (QED) is 0.550. The van der Waals surface area contributed by atoms with Crippen molar-refractivity contribution in [2.45, 2.75) is 25.3 Å². The summed E-state index contributed by atoms with van der Waals surface area (Å²) in [6, 6.07) is 0.127. The van der Waals surface area contributed by atoms with Crippen molar-refractivity contribution in [3.63, 3.8) is 0 Å². The Balaban J connectivity index is 2.32. The molecule has 0 atom stereocenters. The van der Waals surface area contributed by atoms with Gasteiger partial charge in [-0.3, -0.25) is 0 Å². The first-order chi connectivity index (χ1) is 4.22. The number of hydrogen-bond donors (Lipinski definition) is 1. The zero-order valence-corrected chi connectivity index (χ0v) is 5.63. The highest BCUT2D eigenvalue weighted by Crippen LogP contribution is 2.22. The highest BCUT2D eigenvalue weighted by molar-refractivity contribution is 5.72. The van der Waals surface area contributed by atoms with E-state index in [2.05, 4.69) is 0 Å². The minimum absolute atomic E-state index is 0.306. The van der Waals surface area contributed by atoms with Crippen LogP contribution in [0.15, 0.2) is 0 Å². The number of urea groups is 1. The second-order valence-electron chi connectivity index (χ2n) is 2.53. The molecule has 0 aromatic heterocycles. The summed E-state index contributed by atoms with van der Waals surface area (Å²) < 4.78 is 0. The number of nitrogens with zero attached hydrogens (tertiary/aromatic N) is 1. The molecule has 0 aromatic carbocycles. The summed E-state index contributed by atoms with van der Waals surface area (Å²) in [5, 5.41) is 0. The van der Waals surface area contributed by atoms with Gasteiger partial charge in [-0.25, -0.2) is 4.79 Å². The lowest BCUT2D eigenvalue weighted by Gasteiger charge is -2.33. The number of hydrogen-bond acceptors (Lipinski definition) is 1. The summed E-state index contributed by atoms with van der Waals surface area (Å²) in [5.74, 6) is 0. The predicted molar refractivity (Wildman–Crippen MR) is 35.0 cm³/mol. The molecule has 3 heteroatoms. The topological polar surface area (TPSA) is 46.3 Å². The van der Waals surface area contributed by atoms with Crippen LogP contribution in [0, 0.1) is 0 Å². The standard InChI is InChI=1S/C6H12N2O/c1-8(6(7)9)5-3-2-4-5/h5H,2-4H2,1H3,(H2,7,9). The highest BCUT2D eigenvalue weighted by atomic mass is 16.2. The summed E-state index contributed by atoms with van der Waals surface area (Å²) in [5.41, 5.74) is 5.03. The van der Waals surface area contributed by atoms with Crippen LogP contribution in [-0.4, -0.2) is 24.0 Å². The van der Waals surface area contributed by atoms with Crippen molar-refractivity contribution < 1.29 is 4.79 Å². The van der Waals surface area contributed by atoms with Crippen LogP contribution in [0.25, 0.3) is 0 Å². The molecule has 0 aliphatic heterocycles. The first-order valence-electron chi connectivity index (χ1n) is 3.24. The van der Waals surface area contributed by atoms with Gasteiger partial charge in [-0.2, -0.15) is 0 Å². The lowest BCUT2D eigenvalue weighted by Crippen LogP contribution is -2.44. The molecule has 1 aliphatic rings. The van der Waals surface area contributed by atoms with Crippen molar-refractivity contribution in [3.05, 3.63) is 0 Å². The molecule has 2 N–H and O–H groups in total. The van der Waals surface area contributed by atoms with Gasteiger partial charge in [0.25, 0.3) is 0 Å². The van der Waals surface area contributed by atoms with E-state index in [1.54, 1.807) is 11.9 Å². The van der Waals surface area contributed by atoms with Crippen molar-refractivity contribution in [3.8, 4) is 0 Å². The molecule has 3 nitrogen and oxygen atoms in total. The van der Waals surface area contributed by atoms with Crippen molar-refractivity contribution in [1.82, 2.24) is 4.90 Å². The van der Waals surface area contributed by atoms with Crippen LogP contribution >= 0.6 is 0 Å². The maximum atomic E-state index is 10.5. The van der Waals surface area contributed by atoms with Gasteiger partial charge >= 0.3 is 6.03 Å². The van der Waals surface area contributed by atoms with Crippen molar-refractivity contribution in [2.24, 2.45) is 5.73 Å². The van der Waals surface area contributed by atoms with E-state index < -0.39 is 0 Å². The summed E-state index contributed by atoms with van der Waals surface area (Å²) in [6.07, 6.45) is 3.49. The monoisotopic (exact) mass is 128 g/mol. The van der Waals surface area contributed by atoms with E-state index in [0.717, 1.165) is 12.8 Å². The van der Waals surface area contributed by atoms with E-state index in [1.165, 1.54) is 6.42 Å². The van der Waals surface area contributed by atoms with E-state index in [1.807, 2.05) is 0 Å². The second-order valence-corrected chi connectivity index (χ2v) is 2.53. The second kappa shape index (κ2) is 2.25. The Hall–Kier alpha value is -0.730. The maximum absolute atomic E-state index is 10.5. The van der Waals surface area contributed by atoms with Gasteiger partial charge in [-0.1, -0.05) is 0 Å². The molecular weight excluding hydrogens is 116 g/mol. The van der Waals surface area contributed by atoms with Gasteiger partial charge in [0.2, 0.25) is 0 Å². The Kier molecular flexibility index (Phi) is 1.60. The first-order valence-corrected chi connectivity index (χ1v) is 3.24. The summed E-state index contributed by atoms with van der Waals surface area (Å²) in [7, 11) is 1.76. The van der Waals surface area contributed by atoms with Crippen molar-refractivity contribution in [1.29, 1.82) is 0 Å². The van der Waals surface area contributed by atoms with Gasteiger partial charge in [0.05, 0.1) is 0 Å². The van der Waals surface area contributed by atoms with Crippen LogP contribution in [0.1, 0.15) is 19.3 Å². The Labute approximate surface area is 54.8 Å². The normalized spacial score (nSPS) is 18.8. The SMILES string of the molecule is CN(C(N)=O)C1CCC1. The maximum Gasteiger partial charge on any atom is 0.314 e. The fraction of sp³-hybridized carbons (Fsp3) is 0.833. The molecule has 0 heterocycles. The van der Waals surface area contributed by atoms with Crippen LogP contribution < -0.4 is 5.73 Å². The number of carbonyl (C=O) groups is 1. The average molecular weight is 128 g/mol. The van der Waals surface area contributed by atoms with Gasteiger partial charge in [-0.05, 0) is 19.3 Å². The van der Waals surface area contributed by atoms with E-state index in [4.69, 9.17) is 5.73 Å². The molecule has 1 fully saturated rings. The smallest absolute Gasteiger partial charge is 0.314 e. The Morgan fingerprint density at radius 3 is 2.33 bits per heavy atom. The van der Waals surface area contributed by atoms with Crippen LogP contribution in [0.4, 0.5) is 4.79 Å². The molecule has 52 valence electrons. The lowest BCUT2D eigenvalue weighted by atomic mass is 9.92. The van der Waals surface area contributed by atoms with Gasteiger partial charge in [0, 0.05) is 13.1 Å². The van der Waals surface area contributed by atoms with E-state index >= 15 is 0 Å². The van der Waals surface area contributed by atoms with E-state index in [9.17, 15) is 4.79 Å². The molecule has 0 unspecified atom stereocenters. The largest absolute Gasteiger partial charge is 0.351 e. The third-order valence-corrected chi connectivity index (χ3v) is 1.97. The number of nitrogens with two attached hydrogens (primary N) is 1. The van der Waals surface area contributed by atoms with E-state index in [0.29, 0.717) is 6.04 Å². The average Bonchev–Trinajstić information content (AvgIpc) is 1.60. The molecule has 9 heavy (non-hydrogen) atoms. The molecule has 1 saturated carbocycles. The van der Waals surface area contributed by atoms with Crippen LogP contribution in [-0.2, 0) is 0 Å². The number of amides is 2. The molecule has 0 aromatic rings. The van der Waals surface area contributed by atoms with Crippen molar-refractivity contribution in [2.75, 3.05) is 7.05 Å². The minimum Gasteiger partial charge on any atom is -0.351 e. The zero-order chi connectivity index (χ0) is 6.85. The third-order valence-electron chi connectivity index (χ3n) is 1.97. The van der Waals surface area contributed by atoms with Crippen molar-refractivity contribution >= 4 is 6.03 Å². The van der Waals surface area contributed by atoms with Gasteiger partial charge < -0.3 is 10.6 Å². The fourth-order valence-corrected chi connectivity index (χ4v) is 0.954. The van der Waals surface area contributed by atoms with Crippen LogP contribution in [0.5, 0.6) is 0 Å². The molecule has 0 radical (unpaired) electrons. The Morgan fingerprint density at radius 1 is 1.67 bits per heavy atom. The van der Waals surface area contributed by atoms with Gasteiger partial charge in [0.1, 0.15) is 0 Å². The molecular formula is C6H12N2O. The Morgan fingerprint density at radius 2 is 2.22 bits per heavy atom. The third kappa shape index (κ3) is 1.15. The summed E-state index contributed by atoms with van der Waals surface area (Å²) in [4.78, 5) is 12.1. The minimum atomic E-state index is -0.306. The molecule has 1 aliphatic carbocycles. The summed E-state index contributed by atoms with van der Waals surface area (Å²) >= 11 is 0. The Bertz CT molecular complexity index is 120. The molecule has 0 bridgehead atoms. The molecule has 1 rings (SSSR count). The lowest BCUT2D eigenvalue weighted by molar-refractivity contribution is 0.165. The number of primary amides is 1. The molecule has 0 saturated heterocycles. The zero-order valence-electron chi connectivity index (χ0n) is 5.63. The van der Waals surface area contributed by atoms with E-state index in [-0.39, 0.29) is 6.03 Å². The molecule has 0 spiro atoms. The first kappa shape index (κ1) is 6.39. The number of carbonyl (C=O) groups excluding carboxylic acids is 1. The number of rotatable bonds is 1. The van der Waals surface area contributed by atoms with Crippen LogP contribution in [0.2, 0.25) is 0 Å². The fourth-order valence-electron chi connectivity index (χ4n) is 0.954. The van der Waals surface area contributed by atoms with Gasteiger partial charge in [-0.15, -0.1) is 0 Å². The van der Waals surface area contributed by atoms with Crippen LogP contribution in [0.3, 0.4) is 0 Å². The molecule has 2 amide bonds. The van der Waals surface area contributed by atoms with Gasteiger partial charge in [0.15, 0.2) is 0 Å². The summed E-state index contributed by atoms with van der Waals surface area (Å²) in [6.45, 7) is 0.